The smallest absolute Gasteiger partial charge is 0.226 e. The van der Waals surface area contributed by atoms with Gasteiger partial charge in [0.05, 0.1) is 19.3 Å². The first-order chi connectivity index (χ1) is 8.23. The first-order valence-corrected chi connectivity index (χ1v) is 6.82. The number of carbonyl (C=O) groups excluding carboxylic acids is 1. The predicted octanol–water partition coefficient (Wildman–Crippen LogP) is 1.05. The molecule has 1 saturated carbocycles. The summed E-state index contributed by atoms with van der Waals surface area (Å²) in [5.74, 6) is 0.702. The lowest BCUT2D eigenvalue weighted by molar-refractivity contribution is -0.141. The van der Waals surface area contributed by atoms with Crippen LogP contribution in [0.4, 0.5) is 0 Å². The van der Waals surface area contributed by atoms with Crippen molar-refractivity contribution in [2.75, 3.05) is 32.8 Å². The van der Waals surface area contributed by atoms with Crippen molar-refractivity contribution in [3.05, 3.63) is 0 Å². The highest BCUT2D eigenvalue weighted by molar-refractivity contribution is 5.85. The number of nitrogens with zero attached hydrogens (tertiary/aromatic N) is 1. The molecule has 0 bridgehead atoms. The molecule has 3 fully saturated rings. The van der Waals surface area contributed by atoms with E-state index in [1.54, 1.807) is 0 Å². The molecule has 104 valence electrons. The lowest BCUT2D eigenvalue weighted by Gasteiger charge is -2.34. The van der Waals surface area contributed by atoms with Crippen molar-refractivity contribution in [1.29, 1.82) is 0 Å². The van der Waals surface area contributed by atoms with Gasteiger partial charge < -0.3 is 15.0 Å². The number of rotatable bonds is 1. The van der Waals surface area contributed by atoms with Crippen LogP contribution in [0.15, 0.2) is 0 Å². The molecular weight excluding hydrogens is 252 g/mol. The monoisotopic (exact) mass is 274 g/mol. The second kappa shape index (κ2) is 5.35. The van der Waals surface area contributed by atoms with E-state index in [9.17, 15) is 4.79 Å². The number of halogens is 1. The highest BCUT2D eigenvalue weighted by Crippen LogP contribution is 2.59. The molecule has 0 aromatic rings. The van der Waals surface area contributed by atoms with Crippen molar-refractivity contribution in [2.45, 2.75) is 32.2 Å². The fourth-order valence-electron chi connectivity index (χ4n) is 3.43. The second-order valence-electron chi connectivity index (χ2n) is 5.82. The molecule has 0 radical (unpaired) electrons. The summed E-state index contributed by atoms with van der Waals surface area (Å²) in [5, 5.41) is 3.38. The van der Waals surface area contributed by atoms with E-state index in [1.165, 1.54) is 12.8 Å². The van der Waals surface area contributed by atoms with Gasteiger partial charge in [0.25, 0.3) is 0 Å². The highest BCUT2D eigenvalue weighted by Gasteiger charge is 2.58. The molecule has 0 aromatic carbocycles. The average Bonchev–Trinajstić information content (AvgIpc) is 3.04. The Morgan fingerprint density at radius 3 is 2.78 bits per heavy atom. The topological polar surface area (TPSA) is 41.6 Å². The molecule has 4 nitrogen and oxygen atoms in total. The van der Waals surface area contributed by atoms with Gasteiger partial charge in [0.2, 0.25) is 5.91 Å². The molecule has 1 spiro atoms. The minimum absolute atomic E-state index is 0. The molecule has 2 heterocycles. The normalized spacial score (nSPS) is 33.9. The van der Waals surface area contributed by atoms with Crippen molar-refractivity contribution in [3.8, 4) is 0 Å². The van der Waals surface area contributed by atoms with Gasteiger partial charge in [-0.1, -0.05) is 0 Å². The van der Waals surface area contributed by atoms with Gasteiger partial charge in [-0.05, 0) is 44.7 Å². The van der Waals surface area contributed by atoms with Crippen molar-refractivity contribution in [2.24, 2.45) is 11.3 Å². The fourth-order valence-corrected chi connectivity index (χ4v) is 3.43. The lowest BCUT2D eigenvalue weighted by atomic mass is 9.91. The molecule has 2 aliphatic heterocycles. The van der Waals surface area contributed by atoms with Crippen LogP contribution in [0.1, 0.15) is 26.2 Å². The SMILES string of the molecule is CC1COCCN1C(=O)C1CC12CCNCC2.Cl. The molecular formula is C13H23ClN2O2. The van der Waals surface area contributed by atoms with Crippen LogP contribution in [0.2, 0.25) is 0 Å². The average molecular weight is 275 g/mol. The van der Waals surface area contributed by atoms with E-state index >= 15 is 0 Å². The Kier molecular flexibility index (Phi) is 4.19. The molecule has 1 amide bonds. The van der Waals surface area contributed by atoms with Crippen LogP contribution < -0.4 is 5.32 Å². The molecule has 2 atom stereocenters. The number of morpholine rings is 1. The Labute approximate surface area is 115 Å². The summed E-state index contributed by atoms with van der Waals surface area (Å²) in [6, 6.07) is 0.260. The summed E-state index contributed by atoms with van der Waals surface area (Å²) in [6.07, 6.45) is 3.49. The maximum atomic E-state index is 12.5. The van der Waals surface area contributed by atoms with Crippen molar-refractivity contribution in [1.82, 2.24) is 10.2 Å². The second-order valence-corrected chi connectivity index (χ2v) is 5.82. The van der Waals surface area contributed by atoms with Crippen LogP contribution in [0.5, 0.6) is 0 Å². The number of hydrogen-bond donors (Lipinski definition) is 1. The van der Waals surface area contributed by atoms with E-state index in [4.69, 9.17) is 4.74 Å². The van der Waals surface area contributed by atoms with Crippen LogP contribution in [0.25, 0.3) is 0 Å². The molecule has 18 heavy (non-hydrogen) atoms. The van der Waals surface area contributed by atoms with Crippen LogP contribution >= 0.6 is 12.4 Å². The molecule has 2 saturated heterocycles. The van der Waals surface area contributed by atoms with E-state index in [-0.39, 0.29) is 18.4 Å². The fraction of sp³-hybridized carbons (Fsp3) is 0.923. The predicted molar refractivity (Wildman–Crippen MR) is 71.9 cm³/mol. The van der Waals surface area contributed by atoms with E-state index in [2.05, 4.69) is 12.2 Å². The number of hydrogen-bond acceptors (Lipinski definition) is 3. The van der Waals surface area contributed by atoms with Gasteiger partial charge in [0.1, 0.15) is 0 Å². The van der Waals surface area contributed by atoms with Gasteiger partial charge in [-0.25, -0.2) is 0 Å². The van der Waals surface area contributed by atoms with Gasteiger partial charge in [-0.3, -0.25) is 4.79 Å². The zero-order valence-corrected chi connectivity index (χ0v) is 11.8. The molecule has 2 unspecified atom stereocenters. The van der Waals surface area contributed by atoms with E-state index < -0.39 is 0 Å². The van der Waals surface area contributed by atoms with Crippen molar-refractivity contribution < 1.29 is 9.53 Å². The van der Waals surface area contributed by atoms with Crippen molar-refractivity contribution in [3.63, 3.8) is 0 Å². The first kappa shape index (κ1) is 14.1. The van der Waals surface area contributed by atoms with Gasteiger partial charge in [-0.2, -0.15) is 0 Å². The summed E-state index contributed by atoms with van der Waals surface area (Å²) < 4.78 is 5.40. The standard InChI is InChI=1S/C13H22N2O2.ClH/c1-10-9-17-7-6-15(10)12(16)11-8-13(11)2-4-14-5-3-13;/h10-11,14H,2-9H2,1H3;1H. The molecule has 0 aromatic heterocycles. The van der Waals surface area contributed by atoms with Crippen LogP contribution in [-0.2, 0) is 9.53 Å². The summed E-state index contributed by atoms with van der Waals surface area (Å²) in [5.41, 5.74) is 0.361. The Bertz CT molecular complexity index is 318. The molecule has 5 heteroatoms. The Hall–Kier alpha value is -0.320. The Balaban J connectivity index is 0.00000120. The number of ether oxygens (including phenoxy) is 1. The Morgan fingerprint density at radius 2 is 2.11 bits per heavy atom. The quantitative estimate of drug-likeness (QED) is 0.777. The Morgan fingerprint density at radius 1 is 1.39 bits per heavy atom. The molecule has 1 N–H and O–H groups in total. The van der Waals surface area contributed by atoms with Crippen molar-refractivity contribution >= 4 is 18.3 Å². The number of carbonyl (C=O) groups is 1. The zero-order valence-electron chi connectivity index (χ0n) is 11.0. The third-order valence-electron chi connectivity index (χ3n) is 4.74. The van der Waals surface area contributed by atoms with Crippen LogP contribution in [0.3, 0.4) is 0 Å². The van der Waals surface area contributed by atoms with E-state index in [0.29, 0.717) is 30.5 Å². The minimum atomic E-state index is 0. The third-order valence-corrected chi connectivity index (χ3v) is 4.74. The summed E-state index contributed by atoms with van der Waals surface area (Å²) in [6.45, 7) is 6.45. The summed E-state index contributed by atoms with van der Waals surface area (Å²) in [4.78, 5) is 14.5. The first-order valence-electron chi connectivity index (χ1n) is 6.82. The van der Waals surface area contributed by atoms with E-state index in [1.807, 2.05) is 4.90 Å². The lowest BCUT2D eigenvalue weighted by Crippen LogP contribution is -2.48. The van der Waals surface area contributed by atoms with Crippen LogP contribution in [0, 0.1) is 11.3 Å². The van der Waals surface area contributed by atoms with Gasteiger partial charge in [0, 0.05) is 12.5 Å². The minimum Gasteiger partial charge on any atom is -0.377 e. The van der Waals surface area contributed by atoms with E-state index in [0.717, 1.165) is 26.1 Å². The number of piperidine rings is 1. The largest absolute Gasteiger partial charge is 0.377 e. The highest BCUT2D eigenvalue weighted by atomic mass is 35.5. The zero-order chi connectivity index (χ0) is 11.9. The van der Waals surface area contributed by atoms with Crippen LogP contribution in [-0.4, -0.2) is 49.7 Å². The maximum absolute atomic E-state index is 12.5. The number of amides is 1. The third kappa shape index (κ3) is 2.38. The summed E-state index contributed by atoms with van der Waals surface area (Å²) in [7, 11) is 0. The van der Waals surface area contributed by atoms with Gasteiger partial charge in [-0.15, -0.1) is 12.4 Å². The van der Waals surface area contributed by atoms with Gasteiger partial charge in [0.15, 0.2) is 0 Å². The number of nitrogens with one attached hydrogen (secondary N) is 1. The summed E-state index contributed by atoms with van der Waals surface area (Å²) >= 11 is 0. The molecule has 3 aliphatic rings. The maximum Gasteiger partial charge on any atom is 0.226 e. The van der Waals surface area contributed by atoms with Gasteiger partial charge >= 0.3 is 0 Å². The molecule has 1 aliphatic carbocycles. The molecule has 3 rings (SSSR count).